The minimum atomic E-state index is -0.0996. The maximum atomic E-state index is 12.5. The van der Waals surface area contributed by atoms with Crippen LogP contribution in [-0.4, -0.2) is 43.9 Å². The highest BCUT2D eigenvalue weighted by atomic mass is 16.5. The van der Waals surface area contributed by atoms with Gasteiger partial charge in [-0.2, -0.15) is 5.10 Å². The van der Waals surface area contributed by atoms with E-state index in [1.165, 1.54) is 6.33 Å². The molecular weight excluding hydrogens is 346 g/mol. The number of anilines is 2. The van der Waals surface area contributed by atoms with Crippen LogP contribution in [0.4, 0.5) is 11.7 Å². The molecular formula is C18H19N7O2. The molecule has 1 aliphatic heterocycles. The summed E-state index contributed by atoms with van der Waals surface area (Å²) in [6.45, 7) is 1.22. The molecule has 1 fully saturated rings. The zero-order valence-corrected chi connectivity index (χ0v) is 14.7. The topological polar surface area (TPSA) is 102 Å². The lowest BCUT2D eigenvalue weighted by atomic mass is 9.96. The summed E-state index contributed by atoms with van der Waals surface area (Å²) in [5, 5.41) is 11.2. The molecule has 0 bridgehead atoms. The van der Waals surface area contributed by atoms with E-state index in [-0.39, 0.29) is 11.8 Å². The van der Waals surface area contributed by atoms with Gasteiger partial charge in [-0.1, -0.05) is 5.16 Å². The van der Waals surface area contributed by atoms with Gasteiger partial charge < -0.3 is 9.42 Å². The molecule has 0 spiro atoms. The van der Waals surface area contributed by atoms with Crippen LogP contribution in [0.15, 0.2) is 35.4 Å². The molecule has 2 aliphatic rings. The minimum Gasteiger partial charge on any atom is -0.355 e. The Morgan fingerprint density at radius 1 is 1.19 bits per heavy atom. The predicted molar refractivity (Wildman–Crippen MR) is 96.6 cm³/mol. The molecule has 5 rings (SSSR count). The highest BCUT2D eigenvalue weighted by molar-refractivity contribution is 5.93. The molecule has 0 unspecified atom stereocenters. The minimum absolute atomic E-state index is 0.0304. The third-order valence-electron chi connectivity index (χ3n) is 5.15. The summed E-state index contributed by atoms with van der Waals surface area (Å²) in [5.74, 6) is 1.88. The van der Waals surface area contributed by atoms with Crippen molar-refractivity contribution in [3.63, 3.8) is 0 Å². The Hall–Kier alpha value is -3.23. The summed E-state index contributed by atoms with van der Waals surface area (Å²) in [4.78, 5) is 23.1. The Morgan fingerprint density at radius 3 is 2.89 bits per heavy atom. The number of carbonyl (C=O) groups is 1. The van der Waals surface area contributed by atoms with Gasteiger partial charge in [-0.3, -0.25) is 10.1 Å². The Labute approximate surface area is 155 Å². The summed E-state index contributed by atoms with van der Waals surface area (Å²) in [7, 11) is 0. The molecule has 9 nitrogen and oxygen atoms in total. The predicted octanol–water partition coefficient (Wildman–Crippen LogP) is 1.60. The lowest BCUT2D eigenvalue weighted by molar-refractivity contribution is -0.120. The van der Waals surface area contributed by atoms with Gasteiger partial charge in [0.15, 0.2) is 5.82 Å². The van der Waals surface area contributed by atoms with Crippen molar-refractivity contribution in [1.82, 2.24) is 24.9 Å². The maximum Gasteiger partial charge on any atom is 0.234 e. The number of aromatic nitrogens is 5. The van der Waals surface area contributed by atoms with Crippen molar-refractivity contribution in [3.8, 4) is 5.82 Å². The zero-order valence-electron chi connectivity index (χ0n) is 14.7. The Balaban J connectivity index is 1.23. The molecule has 0 aromatic carbocycles. The number of hydrogen-bond donors (Lipinski definition) is 1. The molecule has 9 heteroatoms. The first-order valence-electron chi connectivity index (χ1n) is 9.13. The van der Waals surface area contributed by atoms with Gasteiger partial charge in [0.05, 0.1) is 11.6 Å². The van der Waals surface area contributed by atoms with Crippen LogP contribution in [0.25, 0.3) is 5.82 Å². The van der Waals surface area contributed by atoms with Gasteiger partial charge in [0, 0.05) is 37.1 Å². The monoisotopic (exact) mass is 365 g/mol. The Morgan fingerprint density at radius 2 is 2.04 bits per heavy atom. The number of hydrogen-bond acceptors (Lipinski definition) is 7. The highest BCUT2D eigenvalue weighted by Gasteiger charge is 2.35. The number of rotatable bonds is 4. The van der Waals surface area contributed by atoms with E-state index in [0.717, 1.165) is 42.8 Å². The first-order valence-corrected chi connectivity index (χ1v) is 9.13. The van der Waals surface area contributed by atoms with Crippen LogP contribution >= 0.6 is 0 Å². The second-order valence-electron chi connectivity index (χ2n) is 6.92. The molecule has 3 aromatic rings. The fourth-order valence-corrected chi connectivity index (χ4v) is 3.57. The average Bonchev–Trinajstić information content (AvgIpc) is 3.31. The molecule has 0 saturated carbocycles. The van der Waals surface area contributed by atoms with Crippen LogP contribution in [-0.2, 0) is 17.6 Å². The third kappa shape index (κ3) is 2.94. The number of nitrogens with zero attached hydrogens (tertiary/aromatic N) is 6. The molecule has 1 N–H and O–H groups in total. The Kier molecular flexibility index (Phi) is 3.84. The number of aryl methyl sites for hydroxylation is 1. The first kappa shape index (κ1) is 16.0. The molecule has 3 aromatic heterocycles. The number of carbonyl (C=O) groups excluding carboxylic acids is 1. The Bertz CT molecular complexity index is 960. The molecule has 1 aliphatic carbocycles. The SMILES string of the molecule is O=C(Nc1onc2c1CCCC2)C1CN(c2cc(-n3cccn3)ncn2)C1. The summed E-state index contributed by atoms with van der Waals surface area (Å²) in [6.07, 6.45) is 9.14. The molecule has 27 heavy (non-hydrogen) atoms. The summed E-state index contributed by atoms with van der Waals surface area (Å²) in [6, 6.07) is 3.71. The lowest BCUT2D eigenvalue weighted by Crippen LogP contribution is -2.52. The smallest absolute Gasteiger partial charge is 0.234 e. The van der Waals surface area contributed by atoms with Gasteiger partial charge in [0.25, 0.3) is 0 Å². The van der Waals surface area contributed by atoms with Gasteiger partial charge >= 0.3 is 0 Å². The highest BCUT2D eigenvalue weighted by Crippen LogP contribution is 2.29. The quantitative estimate of drug-likeness (QED) is 0.749. The number of fused-ring (bicyclic) bond motifs is 1. The summed E-state index contributed by atoms with van der Waals surface area (Å²) >= 11 is 0. The van der Waals surface area contributed by atoms with E-state index in [1.54, 1.807) is 10.9 Å². The van der Waals surface area contributed by atoms with Crippen LogP contribution in [0.3, 0.4) is 0 Å². The third-order valence-corrected chi connectivity index (χ3v) is 5.15. The van der Waals surface area contributed by atoms with Crippen LogP contribution in [0.5, 0.6) is 0 Å². The van der Waals surface area contributed by atoms with Crippen molar-refractivity contribution < 1.29 is 9.32 Å². The van der Waals surface area contributed by atoms with E-state index < -0.39 is 0 Å². The van der Waals surface area contributed by atoms with Gasteiger partial charge in [-0.25, -0.2) is 14.6 Å². The normalized spacial score (nSPS) is 16.7. The number of nitrogens with one attached hydrogen (secondary N) is 1. The van der Waals surface area contributed by atoms with Gasteiger partial charge in [-0.05, 0) is 31.7 Å². The van der Waals surface area contributed by atoms with Crippen molar-refractivity contribution in [2.24, 2.45) is 5.92 Å². The molecule has 1 saturated heterocycles. The fraction of sp³-hybridized carbons (Fsp3) is 0.389. The van der Waals surface area contributed by atoms with Crippen molar-refractivity contribution in [2.45, 2.75) is 25.7 Å². The van der Waals surface area contributed by atoms with E-state index in [2.05, 4.69) is 30.4 Å². The van der Waals surface area contributed by atoms with Crippen LogP contribution < -0.4 is 10.2 Å². The molecule has 138 valence electrons. The van der Waals surface area contributed by atoms with Crippen molar-refractivity contribution in [1.29, 1.82) is 0 Å². The second kappa shape index (κ2) is 6.49. The van der Waals surface area contributed by atoms with Crippen LogP contribution in [0, 0.1) is 5.92 Å². The number of amides is 1. The van der Waals surface area contributed by atoms with E-state index in [9.17, 15) is 4.79 Å². The second-order valence-corrected chi connectivity index (χ2v) is 6.92. The fourth-order valence-electron chi connectivity index (χ4n) is 3.57. The van der Waals surface area contributed by atoms with Crippen molar-refractivity contribution >= 4 is 17.6 Å². The maximum absolute atomic E-state index is 12.5. The zero-order chi connectivity index (χ0) is 18.2. The van der Waals surface area contributed by atoms with Gasteiger partial charge in [0.1, 0.15) is 12.1 Å². The lowest BCUT2D eigenvalue weighted by Gasteiger charge is -2.38. The van der Waals surface area contributed by atoms with Crippen molar-refractivity contribution in [2.75, 3.05) is 23.3 Å². The summed E-state index contributed by atoms with van der Waals surface area (Å²) < 4.78 is 7.03. The average molecular weight is 365 g/mol. The van der Waals surface area contributed by atoms with Gasteiger partial charge in [-0.15, -0.1) is 0 Å². The van der Waals surface area contributed by atoms with E-state index in [0.29, 0.717) is 24.8 Å². The molecule has 0 radical (unpaired) electrons. The molecule has 0 atom stereocenters. The van der Waals surface area contributed by atoms with E-state index in [4.69, 9.17) is 4.52 Å². The standard InChI is InChI=1S/C18H19N7O2/c26-17(22-18-13-4-1-2-5-14(13)23-27-18)12-9-24(10-12)15-8-16(20-11-19-15)25-7-3-6-21-25/h3,6-8,11-12H,1-2,4-5,9-10H2,(H,22,26). The van der Waals surface area contributed by atoms with Gasteiger partial charge in [0.2, 0.25) is 11.8 Å². The largest absolute Gasteiger partial charge is 0.355 e. The van der Waals surface area contributed by atoms with Crippen molar-refractivity contribution in [3.05, 3.63) is 42.1 Å². The first-order chi connectivity index (χ1) is 13.3. The van der Waals surface area contributed by atoms with Crippen LogP contribution in [0.2, 0.25) is 0 Å². The van der Waals surface area contributed by atoms with E-state index in [1.807, 2.05) is 18.3 Å². The molecule has 1 amide bonds. The van der Waals surface area contributed by atoms with E-state index >= 15 is 0 Å². The van der Waals surface area contributed by atoms with Crippen LogP contribution in [0.1, 0.15) is 24.1 Å². The summed E-state index contributed by atoms with van der Waals surface area (Å²) in [5.41, 5.74) is 2.05. The molecule has 4 heterocycles.